The van der Waals surface area contributed by atoms with Gasteiger partial charge in [0.05, 0.1) is 10.6 Å². The molecule has 0 bridgehead atoms. The average molecular weight is 429 g/mol. The maximum atomic E-state index is 12.9. The van der Waals surface area contributed by atoms with Crippen molar-refractivity contribution in [2.45, 2.75) is 17.9 Å². The van der Waals surface area contributed by atoms with Crippen LogP contribution in [0.1, 0.15) is 17.3 Å². The number of nitrogens with one attached hydrogen (secondary N) is 1. The first-order valence-electron chi connectivity index (χ1n) is 8.02. The van der Waals surface area contributed by atoms with Crippen LogP contribution in [-0.4, -0.2) is 44.8 Å². The van der Waals surface area contributed by atoms with Gasteiger partial charge in [0.15, 0.2) is 6.10 Å². The van der Waals surface area contributed by atoms with Crippen LogP contribution in [0.3, 0.4) is 0 Å². The van der Waals surface area contributed by atoms with Crippen molar-refractivity contribution in [1.82, 2.24) is 4.31 Å². The summed E-state index contributed by atoms with van der Waals surface area (Å²) in [6, 6.07) is 8.71. The van der Waals surface area contributed by atoms with Crippen molar-refractivity contribution in [2.24, 2.45) is 0 Å². The van der Waals surface area contributed by atoms with Crippen molar-refractivity contribution in [3.05, 3.63) is 58.9 Å². The number of amides is 1. The molecule has 0 aromatic heterocycles. The molecule has 7 nitrogen and oxygen atoms in total. The summed E-state index contributed by atoms with van der Waals surface area (Å²) in [6.07, 6.45) is -1.18. The van der Waals surface area contributed by atoms with E-state index in [0.29, 0.717) is 5.69 Å². The number of carbonyl (C=O) groups is 2. The topological polar surface area (TPSA) is 92.8 Å². The van der Waals surface area contributed by atoms with Gasteiger partial charge in [-0.15, -0.1) is 0 Å². The van der Waals surface area contributed by atoms with Crippen LogP contribution in [0.15, 0.2) is 47.4 Å². The Balaban J connectivity index is 2.13. The fourth-order valence-electron chi connectivity index (χ4n) is 2.08. The Hall–Kier alpha value is -2.49. The second-order valence-electron chi connectivity index (χ2n) is 5.98. The van der Waals surface area contributed by atoms with E-state index in [2.05, 4.69) is 5.32 Å². The van der Waals surface area contributed by atoms with E-state index in [0.717, 1.165) is 10.4 Å². The molecule has 1 N–H and O–H groups in total. The number of ether oxygens (including phenoxy) is 1. The number of nitrogens with zero attached hydrogens (tertiary/aromatic N) is 1. The van der Waals surface area contributed by atoms with Crippen molar-refractivity contribution >= 4 is 39.2 Å². The van der Waals surface area contributed by atoms with Gasteiger partial charge in [-0.3, -0.25) is 4.79 Å². The van der Waals surface area contributed by atoms with E-state index in [-0.39, 0.29) is 15.5 Å². The lowest BCUT2D eigenvalue weighted by molar-refractivity contribution is -0.123. The molecule has 0 aliphatic carbocycles. The number of halogens is 2. The van der Waals surface area contributed by atoms with Crippen molar-refractivity contribution in [1.29, 1.82) is 0 Å². The molecule has 0 aliphatic heterocycles. The zero-order valence-electron chi connectivity index (χ0n) is 15.3. The monoisotopic (exact) mass is 428 g/mol. The lowest BCUT2D eigenvalue weighted by Gasteiger charge is -2.15. The minimum atomic E-state index is -3.87. The maximum Gasteiger partial charge on any atom is 0.338 e. The second kappa shape index (κ2) is 8.68. The van der Waals surface area contributed by atoms with Gasteiger partial charge in [-0.1, -0.05) is 11.6 Å². The smallest absolute Gasteiger partial charge is 0.338 e. The molecule has 2 aromatic carbocycles. The molecule has 1 amide bonds. The van der Waals surface area contributed by atoms with Crippen LogP contribution < -0.4 is 5.32 Å². The molecule has 28 heavy (non-hydrogen) atoms. The maximum absolute atomic E-state index is 12.9. The minimum Gasteiger partial charge on any atom is -0.449 e. The molecule has 0 saturated heterocycles. The molecule has 0 aliphatic rings. The third-order valence-electron chi connectivity index (χ3n) is 3.69. The van der Waals surface area contributed by atoms with Crippen LogP contribution in [0, 0.1) is 5.82 Å². The molecular weight excluding hydrogens is 411 g/mol. The number of benzene rings is 2. The molecule has 150 valence electrons. The minimum absolute atomic E-state index is 0.0487. The molecule has 10 heteroatoms. The summed E-state index contributed by atoms with van der Waals surface area (Å²) in [4.78, 5) is 24.2. The van der Waals surface area contributed by atoms with Gasteiger partial charge < -0.3 is 10.1 Å². The van der Waals surface area contributed by atoms with E-state index in [4.69, 9.17) is 16.3 Å². The predicted molar refractivity (Wildman–Crippen MR) is 102 cm³/mol. The summed E-state index contributed by atoms with van der Waals surface area (Å²) >= 11 is 5.94. The normalized spacial score (nSPS) is 12.5. The van der Waals surface area contributed by atoms with Crippen LogP contribution in [0.5, 0.6) is 0 Å². The molecule has 1 unspecified atom stereocenters. The van der Waals surface area contributed by atoms with E-state index in [1.165, 1.54) is 57.4 Å². The number of sulfonamides is 1. The van der Waals surface area contributed by atoms with Gasteiger partial charge in [0, 0.05) is 19.8 Å². The highest BCUT2D eigenvalue weighted by Crippen LogP contribution is 2.25. The number of hydrogen-bond donors (Lipinski definition) is 1. The SMILES string of the molecule is CC(OC(=O)c1ccc(Cl)c(S(=O)(=O)N(C)C)c1)C(=O)Nc1ccc(F)cc1. The highest BCUT2D eigenvalue weighted by atomic mass is 35.5. The van der Waals surface area contributed by atoms with Gasteiger partial charge in [-0.2, -0.15) is 0 Å². The molecule has 0 fully saturated rings. The summed E-state index contributed by atoms with van der Waals surface area (Å²) in [7, 11) is -1.21. The van der Waals surface area contributed by atoms with E-state index in [9.17, 15) is 22.4 Å². The highest BCUT2D eigenvalue weighted by molar-refractivity contribution is 7.89. The van der Waals surface area contributed by atoms with Gasteiger partial charge in [-0.05, 0) is 49.4 Å². The number of rotatable bonds is 6. The molecule has 2 rings (SSSR count). The molecule has 0 heterocycles. The summed E-state index contributed by atoms with van der Waals surface area (Å²) in [5.74, 6) is -1.98. The standard InChI is InChI=1S/C18H18ClFN2O5S/c1-11(17(23)21-14-7-5-13(20)6-8-14)27-18(24)12-4-9-15(19)16(10-12)28(25,26)22(2)3/h4-11H,1-3H3,(H,21,23). The molecule has 0 saturated carbocycles. The van der Waals surface area contributed by atoms with Crippen molar-refractivity contribution < 1.29 is 27.1 Å². The quantitative estimate of drug-likeness (QED) is 0.714. The molecule has 1 atom stereocenters. The van der Waals surface area contributed by atoms with Gasteiger partial charge >= 0.3 is 5.97 Å². The third kappa shape index (κ3) is 5.06. The van der Waals surface area contributed by atoms with E-state index in [1.807, 2.05) is 0 Å². The molecule has 0 radical (unpaired) electrons. The Morgan fingerprint density at radius 3 is 2.32 bits per heavy atom. The van der Waals surface area contributed by atoms with Crippen LogP contribution in [0.2, 0.25) is 5.02 Å². The molecule has 0 spiro atoms. The number of esters is 1. The van der Waals surface area contributed by atoms with Crippen LogP contribution in [-0.2, 0) is 19.6 Å². The Morgan fingerprint density at radius 2 is 1.75 bits per heavy atom. The molecule has 2 aromatic rings. The number of carbonyl (C=O) groups excluding carboxylic acids is 2. The van der Waals surface area contributed by atoms with Crippen LogP contribution >= 0.6 is 11.6 Å². The number of anilines is 1. The van der Waals surface area contributed by atoms with E-state index >= 15 is 0 Å². The Morgan fingerprint density at radius 1 is 1.14 bits per heavy atom. The van der Waals surface area contributed by atoms with Gasteiger partial charge in [0.25, 0.3) is 5.91 Å². The highest BCUT2D eigenvalue weighted by Gasteiger charge is 2.24. The van der Waals surface area contributed by atoms with Crippen molar-refractivity contribution in [3.63, 3.8) is 0 Å². The van der Waals surface area contributed by atoms with Gasteiger partial charge in [0.2, 0.25) is 10.0 Å². The summed E-state index contributed by atoms with van der Waals surface area (Å²) in [5.41, 5.74) is 0.256. The zero-order valence-corrected chi connectivity index (χ0v) is 16.8. The van der Waals surface area contributed by atoms with Gasteiger partial charge in [-0.25, -0.2) is 21.9 Å². The first kappa shape index (κ1) is 21.8. The average Bonchev–Trinajstić information content (AvgIpc) is 2.63. The number of hydrogen-bond acceptors (Lipinski definition) is 5. The first-order chi connectivity index (χ1) is 13.0. The first-order valence-corrected chi connectivity index (χ1v) is 9.83. The lowest BCUT2D eigenvalue weighted by atomic mass is 10.2. The largest absolute Gasteiger partial charge is 0.449 e. The van der Waals surface area contributed by atoms with Crippen molar-refractivity contribution in [2.75, 3.05) is 19.4 Å². The lowest BCUT2D eigenvalue weighted by Crippen LogP contribution is -2.30. The fraction of sp³-hybridized carbons (Fsp3) is 0.222. The molecular formula is C18H18ClFN2O5S. The zero-order chi connectivity index (χ0) is 21.1. The Labute approximate surface area is 167 Å². The van der Waals surface area contributed by atoms with E-state index in [1.54, 1.807) is 0 Å². The van der Waals surface area contributed by atoms with Crippen LogP contribution in [0.25, 0.3) is 0 Å². The van der Waals surface area contributed by atoms with Crippen molar-refractivity contribution in [3.8, 4) is 0 Å². The Bertz CT molecular complexity index is 994. The fourth-order valence-corrected chi connectivity index (χ4v) is 3.48. The summed E-state index contributed by atoms with van der Waals surface area (Å²) in [6.45, 7) is 1.35. The summed E-state index contributed by atoms with van der Waals surface area (Å²) in [5, 5.41) is 2.43. The van der Waals surface area contributed by atoms with E-state index < -0.39 is 33.8 Å². The van der Waals surface area contributed by atoms with Crippen LogP contribution in [0.4, 0.5) is 10.1 Å². The third-order valence-corrected chi connectivity index (χ3v) is 5.99. The summed E-state index contributed by atoms with van der Waals surface area (Å²) < 4.78 is 43.5. The predicted octanol–water partition coefficient (Wildman–Crippen LogP) is 2.91. The second-order valence-corrected chi connectivity index (χ2v) is 8.50. The van der Waals surface area contributed by atoms with Gasteiger partial charge in [0.1, 0.15) is 10.7 Å². The Kier molecular flexibility index (Phi) is 6.76.